The molecule has 0 unspecified atom stereocenters. The van der Waals surface area contributed by atoms with E-state index < -0.39 is 27.9 Å². The first-order chi connectivity index (χ1) is 15.0. The van der Waals surface area contributed by atoms with Crippen molar-refractivity contribution in [1.82, 2.24) is 14.4 Å². The number of hydrogen-bond donors (Lipinski definition) is 4. The van der Waals surface area contributed by atoms with Gasteiger partial charge in [0.25, 0.3) is 0 Å². The van der Waals surface area contributed by atoms with Crippen LogP contribution in [0.3, 0.4) is 0 Å². The molecule has 0 radical (unpaired) electrons. The van der Waals surface area contributed by atoms with E-state index in [2.05, 4.69) is 15.0 Å². The second-order valence-corrected chi connectivity index (χ2v) is 10.4. The first-order valence-electron chi connectivity index (χ1n) is 10.0. The fourth-order valence-electron chi connectivity index (χ4n) is 2.54. The Balaban J connectivity index is 1.68. The Bertz CT molecular complexity index is 1000. The molecule has 1 aromatic heterocycles. The molecule has 0 aliphatic rings. The molecular weight excluding hydrogens is 454 g/mol. The van der Waals surface area contributed by atoms with E-state index in [-0.39, 0.29) is 12.5 Å². The summed E-state index contributed by atoms with van der Waals surface area (Å²) < 4.78 is 32.6. The van der Waals surface area contributed by atoms with E-state index in [0.29, 0.717) is 24.4 Å². The topological polar surface area (TPSA) is 153 Å². The fraction of sp³-hybridized carbons (Fsp3) is 0.450. The van der Waals surface area contributed by atoms with Crippen molar-refractivity contribution in [2.45, 2.75) is 51.7 Å². The molecular formula is C20H29N5O5S2. The van der Waals surface area contributed by atoms with Gasteiger partial charge in [0, 0.05) is 17.5 Å². The number of nitrogens with zero attached hydrogens (tertiary/aromatic N) is 1. The van der Waals surface area contributed by atoms with Crippen LogP contribution in [0.4, 0.5) is 9.93 Å². The van der Waals surface area contributed by atoms with E-state index >= 15 is 0 Å². The molecule has 1 atom stereocenters. The quantitative estimate of drug-likeness (QED) is 0.379. The summed E-state index contributed by atoms with van der Waals surface area (Å²) in [5.41, 5.74) is 6.85. The second-order valence-electron chi connectivity index (χ2n) is 8.00. The minimum atomic E-state index is -4.02. The van der Waals surface area contributed by atoms with Crippen molar-refractivity contribution in [1.29, 1.82) is 0 Å². The zero-order valence-corrected chi connectivity index (χ0v) is 19.9. The highest BCUT2D eigenvalue weighted by Crippen LogP contribution is 2.24. The molecule has 1 aromatic carbocycles. The van der Waals surface area contributed by atoms with E-state index in [9.17, 15) is 18.0 Å². The number of nitrogens with two attached hydrogens (primary N) is 1. The molecule has 0 spiro atoms. The van der Waals surface area contributed by atoms with Gasteiger partial charge in [-0.2, -0.15) is 13.1 Å². The molecule has 12 heteroatoms. The molecule has 5 N–H and O–H groups in total. The molecule has 32 heavy (non-hydrogen) atoms. The summed E-state index contributed by atoms with van der Waals surface area (Å²) in [7, 11) is -4.02. The molecule has 0 aliphatic carbocycles. The van der Waals surface area contributed by atoms with Crippen LogP contribution in [0.25, 0.3) is 11.3 Å². The summed E-state index contributed by atoms with van der Waals surface area (Å²) in [5, 5.41) is 5.03. The summed E-state index contributed by atoms with van der Waals surface area (Å²) in [6, 6.07) is 8.86. The van der Waals surface area contributed by atoms with Crippen LogP contribution in [0, 0.1) is 0 Å². The van der Waals surface area contributed by atoms with Gasteiger partial charge in [-0.1, -0.05) is 36.8 Å². The third-order valence-corrected chi connectivity index (χ3v) is 5.77. The number of carbonyl (C=O) groups is 2. The van der Waals surface area contributed by atoms with Crippen LogP contribution < -0.4 is 20.5 Å². The maximum atomic E-state index is 12.3. The van der Waals surface area contributed by atoms with E-state index in [4.69, 9.17) is 10.5 Å². The highest BCUT2D eigenvalue weighted by molar-refractivity contribution is 7.88. The Hall–Kier alpha value is -2.54. The number of thiazole rings is 1. The average molecular weight is 484 g/mol. The third-order valence-electron chi connectivity index (χ3n) is 3.99. The number of amides is 2. The summed E-state index contributed by atoms with van der Waals surface area (Å²) in [4.78, 5) is 28.2. The SMILES string of the molecule is CC(C)(C)OC(=O)NS(=O)(=O)NCCCC[C@H](N)C(=O)Nc1nc(-c2ccccc2)cs1. The molecule has 0 aliphatic heterocycles. The zero-order valence-electron chi connectivity index (χ0n) is 18.3. The number of unbranched alkanes of at least 4 members (excludes halogenated alkanes) is 1. The maximum Gasteiger partial charge on any atom is 0.422 e. The van der Waals surface area contributed by atoms with Gasteiger partial charge >= 0.3 is 16.3 Å². The monoisotopic (exact) mass is 483 g/mol. The first kappa shape index (κ1) is 25.7. The number of hydrogen-bond acceptors (Lipinski definition) is 8. The molecule has 176 valence electrons. The Morgan fingerprint density at radius 2 is 1.88 bits per heavy atom. The van der Waals surface area contributed by atoms with Crippen LogP contribution in [0.2, 0.25) is 0 Å². The lowest BCUT2D eigenvalue weighted by Gasteiger charge is -2.19. The van der Waals surface area contributed by atoms with Gasteiger partial charge in [0.1, 0.15) is 5.60 Å². The Morgan fingerprint density at radius 3 is 2.53 bits per heavy atom. The summed E-state index contributed by atoms with van der Waals surface area (Å²) in [5.74, 6) is -0.355. The van der Waals surface area contributed by atoms with Crippen molar-refractivity contribution in [3.63, 3.8) is 0 Å². The Morgan fingerprint density at radius 1 is 1.19 bits per heavy atom. The van der Waals surface area contributed by atoms with Gasteiger partial charge in [0.2, 0.25) is 5.91 Å². The summed E-state index contributed by atoms with van der Waals surface area (Å²) in [6.07, 6.45) is 0.257. The number of rotatable bonds is 10. The number of aromatic nitrogens is 1. The molecule has 2 aromatic rings. The standard InChI is InChI=1S/C20H29N5O5S2/c1-20(2,3)30-19(27)25-32(28,29)22-12-8-7-11-15(21)17(26)24-18-23-16(13-31-18)14-9-5-4-6-10-14/h4-6,9-10,13,15,22H,7-8,11-12,21H2,1-3H3,(H,25,27)(H,23,24,26)/t15-/m0/s1. The molecule has 10 nitrogen and oxygen atoms in total. The Labute approximate surface area is 192 Å². The van der Waals surface area contributed by atoms with Gasteiger partial charge in [0.05, 0.1) is 11.7 Å². The predicted octanol–water partition coefficient (Wildman–Crippen LogP) is 2.61. The lowest BCUT2D eigenvalue weighted by Crippen LogP contribution is -2.43. The molecule has 1 heterocycles. The largest absolute Gasteiger partial charge is 0.443 e. The van der Waals surface area contributed by atoms with Gasteiger partial charge in [-0.25, -0.2) is 14.5 Å². The van der Waals surface area contributed by atoms with Crippen LogP contribution in [0.15, 0.2) is 35.7 Å². The molecule has 0 fully saturated rings. The first-order valence-corrected chi connectivity index (χ1v) is 12.4. The molecule has 0 bridgehead atoms. The van der Waals surface area contributed by atoms with Crippen molar-refractivity contribution in [3.8, 4) is 11.3 Å². The zero-order chi connectivity index (χ0) is 23.8. The maximum absolute atomic E-state index is 12.3. The molecule has 0 saturated heterocycles. The van der Waals surface area contributed by atoms with E-state index in [1.807, 2.05) is 35.7 Å². The number of benzene rings is 1. The predicted molar refractivity (Wildman–Crippen MR) is 124 cm³/mol. The van der Waals surface area contributed by atoms with Crippen molar-refractivity contribution in [2.24, 2.45) is 5.73 Å². The van der Waals surface area contributed by atoms with Crippen molar-refractivity contribution >= 4 is 38.7 Å². The smallest absolute Gasteiger partial charge is 0.422 e. The van der Waals surface area contributed by atoms with Crippen molar-refractivity contribution in [3.05, 3.63) is 35.7 Å². The van der Waals surface area contributed by atoms with Gasteiger partial charge in [-0.3, -0.25) is 4.79 Å². The van der Waals surface area contributed by atoms with Crippen LogP contribution in [-0.4, -0.2) is 43.6 Å². The summed E-state index contributed by atoms with van der Waals surface area (Å²) in [6.45, 7) is 4.97. The lowest BCUT2D eigenvalue weighted by molar-refractivity contribution is -0.117. The number of anilines is 1. The molecule has 2 amide bonds. The Kier molecular flexibility index (Phi) is 9.13. The van der Waals surface area contributed by atoms with E-state index in [1.54, 1.807) is 25.5 Å². The molecule has 0 saturated carbocycles. The van der Waals surface area contributed by atoms with E-state index in [1.165, 1.54) is 11.3 Å². The highest BCUT2D eigenvalue weighted by Gasteiger charge is 2.21. The number of ether oxygens (including phenoxy) is 1. The van der Waals surface area contributed by atoms with Gasteiger partial charge < -0.3 is 15.8 Å². The van der Waals surface area contributed by atoms with E-state index in [0.717, 1.165) is 11.3 Å². The molecule has 2 rings (SSSR count). The summed E-state index contributed by atoms with van der Waals surface area (Å²) >= 11 is 1.31. The normalized spacial score (nSPS) is 12.8. The average Bonchev–Trinajstić information content (AvgIpc) is 3.14. The highest BCUT2D eigenvalue weighted by atomic mass is 32.2. The minimum Gasteiger partial charge on any atom is -0.443 e. The van der Waals surface area contributed by atoms with Gasteiger partial charge in [0.15, 0.2) is 5.13 Å². The van der Waals surface area contributed by atoms with Crippen LogP contribution in [-0.2, 0) is 19.7 Å². The number of nitrogens with one attached hydrogen (secondary N) is 3. The minimum absolute atomic E-state index is 0.0827. The van der Waals surface area contributed by atoms with Crippen molar-refractivity contribution < 1.29 is 22.7 Å². The van der Waals surface area contributed by atoms with Gasteiger partial charge in [-0.05, 0) is 33.6 Å². The van der Waals surface area contributed by atoms with Crippen LogP contribution in [0.5, 0.6) is 0 Å². The van der Waals surface area contributed by atoms with Crippen LogP contribution in [0.1, 0.15) is 40.0 Å². The third kappa shape index (κ3) is 9.30. The number of carbonyl (C=O) groups excluding carboxylic acids is 2. The second kappa shape index (κ2) is 11.4. The fourth-order valence-corrected chi connectivity index (χ4v) is 4.01. The van der Waals surface area contributed by atoms with Crippen molar-refractivity contribution in [2.75, 3.05) is 11.9 Å². The van der Waals surface area contributed by atoms with Gasteiger partial charge in [-0.15, -0.1) is 11.3 Å². The lowest BCUT2D eigenvalue weighted by atomic mass is 10.1. The van der Waals surface area contributed by atoms with Crippen LogP contribution >= 0.6 is 11.3 Å².